The van der Waals surface area contributed by atoms with Crippen molar-refractivity contribution in [2.75, 3.05) is 6.54 Å². The summed E-state index contributed by atoms with van der Waals surface area (Å²) in [5, 5.41) is 2.44. The molecular formula is C22H21Cl2N3O4S. The molecule has 0 radical (unpaired) electrons. The highest BCUT2D eigenvalue weighted by molar-refractivity contribution is 7.89. The van der Waals surface area contributed by atoms with Gasteiger partial charge in [-0.2, -0.15) is 0 Å². The number of sulfonamides is 1. The third-order valence-electron chi connectivity index (χ3n) is 5.65. The van der Waals surface area contributed by atoms with E-state index in [9.17, 15) is 18.0 Å². The van der Waals surface area contributed by atoms with Gasteiger partial charge in [0.25, 0.3) is 10.0 Å². The van der Waals surface area contributed by atoms with Crippen molar-refractivity contribution >= 4 is 45.0 Å². The number of likely N-dealkylation sites (tertiary alicyclic amines) is 1. The summed E-state index contributed by atoms with van der Waals surface area (Å²) in [6.45, 7) is 0.551. The number of amides is 2. The Morgan fingerprint density at radius 3 is 2.59 bits per heavy atom. The van der Waals surface area contributed by atoms with E-state index in [-0.39, 0.29) is 33.3 Å². The number of hydrogen-bond acceptors (Lipinski definition) is 4. The first kappa shape index (κ1) is 22.6. The number of carbonyl (C=O) groups is 2. The molecule has 0 spiro atoms. The zero-order chi connectivity index (χ0) is 22.9. The molecule has 2 amide bonds. The van der Waals surface area contributed by atoms with Crippen molar-refractivity contribution in [2.45, 2.75) is 36.2 Å². The Kier molecular flexibility index (Phi) is 6.46. The van der Waals surface area contributed by atoms with E-state index >= 15 is 0 Å². The Morgan fingerprint density at radius 1 is 1.09 bits per heavy atom. The number of nitrogens with one attached hydrogen (secondary N) is 1. The van der Waals surface area contributed by atoms with Crippen molar-refractivity contribution in [3.8, 4) is 0 Å². The average Bonchev–Trinajstić information content (AvgIpc) is 3.27. The maximum atomic E-state index is 13.3. The van der Waals surface area contributed by atoms with E-state index in [4.69, 9.17) is 23.2 Å². The minimum atomic E-state index is -4.23. The van der Waals surface area contributed by atoms with Crippen LogP contribution in [0.2, 0.25) is 10.0 Å². The molecule has 1 saturated heterocycles. The first-order chi connectivity index (χ1) is 15.3. The minimum Gasteiger partial charge on any atom is -0.336 e. The molecule has 0 unspecified atom stereocenters. The Hall–Kier alpha value is -2.55. The summed E-state index contributed by atoms with van der Waals surface area (Å²) in [4.78, 5) is 27.4. The Balaban J connectivity index is 1.61. The van der Waals surface area contributed by atoms with Crippen LogP contribution in [0.15, 0.2) is 65.8 Å². The van der Waals surface area contributed by atoms with Gasteiger partial charge in [0.1, 0.15) is 10.9 Å². The number of halogens is 2. The Morgan fingerprint density at radius 2 is 1.84 bits per heavy atom. The first-order valence-corrected chi connectivity index (χ1v) is 12.3. The molecule has 2 aromatic rings. The fourth-order valence-electron chi connectivity index (χ4n) is 4.11. The van der Waals surface area contributed by atoms with Gasteiger partial charge in [0.15, 0.2) is 0 Å². The van der Waals surface area contributed by atoms with Gasteiger partial charge in [-0.3, -0.25) is 13.9 Å². The van der Waals surface area contributed by atoms with Gasteiger partial charge in [-0.05, 0) is 30.5 Å². The van der Waals surface area contributed by atoms with Crippen molar-refractivity contribution in [2.24, 2.45) is 0 Å². The van der Waals surface area contributed by atoms with E-state index in [1.54, 1.807) is 4.90 Å². The Bertz CT molecular complexity index is 1170. The standard InChI is InChI=1S/C22H21Cl2N3O4S/c23-16-8-4-10-19(21(16)24)32(30,31)27-13-11-25-22(29)18(27)14-20(28)26-12-5-9-17(26)15-6-2-1-3-7-15/h1-4,6-8,10-11,13,17-18H,5,9,12,14H2,(H,25,29)/t17-,18+/m0/s1. The van der Waals surface area contributed by atoms with Gasteiger partial charge in [-0.25, -0.2) is 8.42 Å². The predicted octanol–water partition coefficient (Wildman–Crippen LogP) is 3.71. The van der Waals surface area contributed by atoms with Crippen LogP contribution in [0.1, 0.15) is 30.9 Å². The van der Waals surface area contributed by atoms with E-state index in [2.05, 4.69) is 5.32 Å². The van der Waals surface area contributed by atoms with E-state index < -0.39 is 22.0 Å². The van der Waals surface area contributed by atoms with Crippen molar-refractivity contribution in [1.82, 2.24) is 14.5 Å². The lowest BCUT2D eigenvalue weighted by atomic mass is 10.0. The second-order valence-corrected chi connectivity index (χ2v) is 10.2. The number of carbonyl (C=O) groups excluding carboxylic acids is 2. The number of benzene rings is 2. The highest BCUT2D eigenvalue weighted by atomic mass is 35.5. The Labute approximate surface area is 196 Å². The molecule has 2 aliphatic heterocycles. The number of hydrogen-bond donors (Lipinski definition) is 1. The van der Waals surface area contributed by atoms with Crippen LogP contribution in [0.25, 0.3) is 0 Å². The molecule has 2 heterocycles. The smallest absolute Gasteiger partial charge is 0.266 e. The van der Waals surface area contributed by atoms with Crippen LogP contribution in [-0.2, 0) is 19.6 Å². The predicted molar refractivity (Wildman–Crippen MR) is 121 cm³/mol. The molecule has 10 heteroatoms. The molecule has 1 N–H and O–H groups in total. The van der Waals surface area contributed by atoms with Crippen LogP contribution < -0.4 is 5.32 Å². The van der Waals surface area contributed by atoms with Crippen LogP contribution in [0.5, 0.6) is 0 Å². The van der Waals surface area contributed by atoms with Gasteiger partial charge in [-0.15, -0.1) is 0 Å². The second kappa shape index (κ2) is 9.13. The average molecular weight is 494 g/mol. The molecule has 7 nitrogen and oxygen atoms in total. The molecule has 4 rings (SSSR count). The quantitative estimate of drug-likeness (QED) is 0.687. The van der Waals surface area contributed by atoms with Crippen molar-refractivity contribution in [3.63, 3.8) is 0 Å². The molecule has 0 aromatic heterocycles. The van der Waals surface area contributed by atoms with Crippen LogP contribution >= 0.6 is 23.2 Å². The number of nitrogens with zero attached hydrogens (tertiary/aromatic N) is 2. The monoisotopic (exact) mass is 493 g/mol. The van der Waals surface area contributed by atoms with Gasteiger partial charge in [0.05, 0.1) is 22.5 Å². The summed E-state index contributed by atoms with van der Waals surface area (Å²) in [5.41, 5.74) is 1.02. The van der Waals surface area contributed by atoms with Gasteiger partial charge in [-0.1, -0.05) is 59.6 Å². The lowest BCUT2D eigenvalue weighted by Crippen LogP contribution is -2.51. The van der Waals surface area contributed by atoms with Gasteiger partial charge in [0, 0.05) is 18.9 Å². The molecule has 1 fully saturated rings. The fraction of sp³-hybridized carbons (Fsp3) is 0.273. The zero-order valence-electron chi connectivity index (χ0n) is 16.9. The molecule has 0 bridgehead atoms. The summed E-state index contributed by atoms with van der Waals surface area (Å²) in [6, 6.07) is 12.6. The normalized spacial score (nSPS) is 21.0. The van der Waals surface area contributed by atoms with Crippen LogP contribution in [0.3, 0.4) is 0 Å². The SMILES string of the molecule is O=C1NC=CN(S(=O)(=O)c2cccc(Cl)c2Cl)[C@@H]1CC(=O)N1CCC[C@H]1c1ccccc1. The van der Waals surface area contributed by atoms with Crippen LogP contribution in [-0.4, -0.2) is 42.0 Å². The third-order valence-corrected chi connectivity index (χ3v) is 8.41. The van der Waals surface area contributed by atoms with Gasteiger partial charge in [0.2, 0.25) is 11.8 Å². The van der Waals surface area contributed by atoms with Crippen molar-refractivity contribution in [1.29, 1.82) is 0 Å². The highest BCUT2D eigenvalue weighted by Crippen LogP contribution is 2.35. The molecule has 32 heavy (non-hydrogen) atoms. The van der Waals surface area contributed by atoms with E-state index in [1.165, 1.54) is 30.6 Å². The minimum absolute atomic E-state index is 0.0774. The topological polar surface area (TPSA) is 86.8 Å². The van der Waals surface area contributed by atoms with Crippen LogP contribution in [0.4, 0.5) is 0 Å². The zero-order valence-corrected chi connectivity index (χ0v) is 19.3. The molecule has 2 aliphatic rings. The van der Waals surface area contributed by atoms with Crippen LogP contribution in [0, 0.1) is 0 Å². The van der Waals surface area contributed by atoms with E-state index in [0.29, 0.717) is 6.54 Å². The first-order valence-electron chi connectivity index (χ1n) is 10.1. The molecule has 2 aromatic carbocycles. The van der Waals surface area contributed by atoms with Gasteiger partial charge < -0.3 is 10.2 Å². The highest BCUT2D eigenvalue weighted by Gasteiger charge is 2.40. The second-order valence-electron chi connectivity index (χ2n) is 7.59. The molecule has 2 atom stereocenters. The lowest BCUT2D eigenvalue weighted by Gasteiger charge is -2.33. The summed E-state index contributed by atoms with van der Waals surface area (Å²) in [5.74, 6) is -0.873. The van der Waals surface area contributed by atoms with E-state index in [1.807, 2.05) is 30.3 Å². The molecular weight excluding hydrogens is 473 g/mol. The summed E-state index contributed by atoms with van der Waals surface area (Å²) in [6.07, 6.45) is 3.80. The molecule has 0 saturated carbocycles. The van der Waals surface area contributed by atoms with Crippen molar-refractivity contribution in [3.05, 3.63) is 76.5 Å². The molecule has 168 valence electrons. The summed E-state index contributed by atoms with van der Waals surface area (Å²) < 4.78 is 27.5. The third kappa shape index (κ3) is 4.22. The summed E-state index contributed by atoms with van der Waals surface area (Å²) in [7, 11) is -4.23. The summed E-state index contributed by atoms with van der Waals surface area (Å²) >= 11 is 12.1. The van der Waals surface area contributed by atoms with Gasteiger partial charge >= 0.3 is 0 Å². The number of rotatable bonds is 5. The maximum Gasteiger partial charge on any atom is 0.266 e. The largest absolute Gasteiger partial charge is 0.336 e. The van der Waals surface area contributed by atoms with E-state index in [0.717, 1.165) is 22.7 Å². The maximum absolute atomic E-state index is 13.3. The lowest BCUT2D eigenvalue weighted by molar-refractivity contribution is -0.136. The fourth-order valence-corrected chi connectivity index (χ4v) is 6.29. The van der Waals surface area contributed by atoms with Crippen molar-refractivity contribution < 1.29 is 18.0 Å². The molecule has 0 aliphatic carbocycles.